The first kappa shape index (κ1) is 18.6. The predicted octanol–water partition coefficient (Wildman–Crippen LogP) is 3.23. The topological polar surface area (TPSA) is 75.7 Å². The maximum absolute atomic E-state index is 12.3. The molecule has 0 spiro atoms. The molecule has 1 saturated heterocycles. The molecule has 0 saturated carbocycles. The molecule has 2 aromatic carbocycles. The van der Waals surface area contributed by atoms with Gasteiger partial charge in [0.1, 0.15) is 0 Å². The van der Waals surface area contributed by atoms with Gasteiger partial charge in [-0.3, -0.25) is 9.59 Å². The van der Waals surface area contributed by atoms with Gasteiger partial charge < -0.3 is 15.0 Å². The summed E-state index contributed by atoms with van der Waals surface area (Å²) in [6.45, 7) is 4.15. The monoisotopic (exact) mass is 366 g/mol. The average molecular weight is 366 g/mol. The van der Waals surface area contributed by atoms with Crippen LogP contribution in [0, 0.1) is 13.8 Å². The van der Waals surface area contributed by atoms with Crippen molar-refractivity contribution in [3.05, 3.63) is 59.2 Å². The van der Waals surface area contributed by atoms with Gasteiger partial charge in [-0.25, -0.2) is 4.79 Å². The number of carbonyl (C=O) groups is 3. The molecular weight excluding hydrogens is 344 g/mol. The molecule has 6 heteroatoms. The highest BCUT2D eigenvalue weighted by atomic mass is 16.5. The molecule has 6 nitrogen and oxygen atoms in total. The first-order chi connectivity index (χ1) is 12.9. The lowest BCUT2D eigenvalue weighted by Crippen LogP contribution is -2.24. The number of hydrogen-bond acceptors (Lipinski definition) is 4. The van der Waals surface area contributed by atoms with E-state index in [0.29, 0.717) is 29.9 Å². The number of rotatable bonds is 5. The van der Waals surface area contributed by atoms with Crippen LogP contribution in [-0.4, -0.2) is 30.9 Å². The third-order valence-electron chi connectivity index (χ3n) is 4.46. The van der Waals surface area contributed by atoms with E-state index in [1.807, 2.05) is 32.0 Å². The van der Waals surface area contributed by atoms with Gasteiger partial charge >= 0.3 is 5.97 Å². The van der Waals surface area contributed by atoms with Gasteiger partial charge in [0.05, 0.1) is 5.56 Å². The molecule has 0 aromatic heterocycles. The molecule has 0 bridgehead atoms. The van der Waals surface area contributed by atoms with Crippen LogP contribution in [0.4, 0.5) is 11.4 Å². The molecule has 2 aromatic rings. The summed E-state index contributed by atoms with van der Waals surface area (Å²) in [6, 6.07) is 12.4. The third-order valence-corrected chi connectivity index (χ3v) is 4.46. The Morgan fingerprint density at radius 1 is 1.15 bits per heavy atom. The van der Waals surface area contributed by atoms with Crippen LogP contribution in [0.15, 0.2) is 42.5 Å². The number of nitrogens with zero attached hydrogens (tertiary/aromatic N) is 1. The molecule has 1 aliphatic rings. The summed E-state index contributed by atoms with van der Waals surface area (Å²) in [6.07, 6.45) is 1.33. The van der Waals surface area contributed by atoms with Gasteiger partial charge in [-0.15, -0.1) is 0 Å². The molecule has 0 radical (unpaired) electrons. The molecule has 0 unspecified atom stereocenters. The van der Waals surface area contributed by atoms with E-state index < -0.39 is 11.9 Å². The van der Waals surface area contributed by atoms with Crippen LogP contribution < -0.4 is 10.2 Å². The van der Waals surface area contributed by atoms with Crippen molar-refractivity contribution < 1.29 is 19.1 Å². The Kier molecular flexibility index (Phi) is 5.54. The van der Waals surface area contributed by atoms with Crippen LogP contribution in [0.25, 0.3) is 0 Å². The highest BCUT2D eigenvalue weighted by molar-refractivity contribution is 5.98. The molecule has 3 rings (SSSR count). The van der Waals surface area contributed by atoms with Gasteiger partial charge in [0.25, 0.3) is 5.91 Å². The number of carbonyl (C=O) groups excluding carboxylic acids is 3. The van der Waals surface area contributed by atoms with Gasteiger partial charge in [-0.1, -0.05) is 23.8 Å². The standard InChI is InChI=1S/C21H22N2O4/c1-14-8-9-18(15(2)11-14)22-19(24)13-27-21(26)16-5-3-6-17(12-16)23-10-4-7-20(23)25/h3,5-6,8-9,11-12H,4,7,10,13H2,1-2H3,(H,22,24). The second-order valence-corrected chi connectivity index (χ2v) is 6.64. The second-order valence-electron chi connectivity index (χ2n) is 6.64. The van der Waals surface area contributed by atoms with Crippen LogP contribution in [0.3, 0.4) is 0 Å². The van der Waals surface area contributed by atoms with E-state index in [2.05, 4.69) is 5.32 Å². The Balaban J connectivity index is 1.59. The Morgan fingerprint density at radius 3 is 2.67 bits per heavy atom. The zero-order valence-electron chi connectivity index (χ0n) is 15.5. The molecule has 2 amide bonds. The number of anilines is 2. The van der Waals surface area contributed by atoms with Crippen molar-refractivity contribution in [2.45, 2.75) is 26.7 Å². The molecular formula is C21H22N2O4. The van der Waals surface area contributed by atoms with Crippen LogP contribution in [0.5, 0.6) is 0 Å². The van der Waals surface area contributed by atoms with Gasteiger partial charge in [0.2, 0.25) is 5.91 Å². The average Bonchev–Trinajstić information content (AvgIpc) is 3.08. The van der Waals surface area contributed by atoms with Crippen molar-refractivity contribution >= 4 is 29.2 Å². The first-order valence-corrected chi connectivity index (χ1v) is 8.89. The normalized spacial score (nSPS) is 13.6. The van der Waals surface area contributed by atoms with Crippen molar-refractivity contribution in [3.8, 4) is 0 Å². The SMILES string of the molecule is Cc1ccc(NC(=O)COC(=O)c2cccc(N3CCCC3=O)c2)c(C)c1. The van der Waals surface area contributed by atoms with Gasteiger partial charge in [-0.2, -0.15) is 0 Å². The van der Waals surface area contributed by atoms with Crippen molar-refractivity contribution in [2.75, 3.05) is 23.4 Å². The molecule has 1 fully saturated rings. The largest absolute Gasteiger partial charge is 0.452 e. The minimum atomic E-state index is -0.598. The van der Waals surface area contributed by atoms with Crippen LogP contribution in [0.1, 0.15) is 34.3 Å². The van der Waals surface area contributed by atoms with Crippen molar-refractivity contribution in [1.82, 2.24) is 0 Å². The van der Waals surface area contributed by atoms with E-state index >= 15 is 0 Å². The van der Waals surface area contributed by atoms with Crippen LogP contribution in [-0.2, 0) is 14.3 Å². The number of aryl methyl sites for hydroxylation is 2. The smallest absolute Gasteiger partial charge is 0.338 e. The number of ether oxygens (including phenoxy) is 1. The number of hydrogen-bond donors (Lipinski definition) is 1. The zero-order chi connectivity index (χ0) is 19.4. The van der Waals surface area contributed by atoms with Crippen molar-refractivity contribution in [2.24, 2.45) is 0 Å². The maximum Gasteiger partial charge on any atom is 0.338 e. The molecule has 140 valence electrons. The Morgan fingerprint density at radius 2 is 1.96 bits per heavy atom. The minimum Gasteiger partial charge on any atom is -0.452 e. The molecule has 0 aliphatic carbocycles. The summed E-state index contributed by atoms with van der Waals surface area (Å²) in [7, 11) is 0. The van der Waals surface area contributed by atoms with Crippen molar-refractivity contribution in [1.29, 1.82) is 0 Å². The number of benzene rings is 2. The highest BCUT2D eigenvalue weighted by Gasteiger charge is 2.22. The van der Waals surface area contributed by atoms with Crippen LogP contribution >= 0.6 is 0 Å². The summed E-state index contributed by atoms with van der Waals surface area (Å²) in [5.74, 6) is -0.950. The van der Waals surface area contributed by atoms with E-state index in [1.165, 1.54) is 0 Å². The van der Waals surface area contributed by atoms with Crippen molar-refractivity contribution in [3.63, 3.8) is 0 Å². The Bertz CT molecular complexity index is 892. The number of nitrogens with one attached hydrogen (secondary N) is 1. The number of amides is 2. The fraction of sp³-hybridized carbons (Fsp3) is 0.286. The highest BCUT2D eigenvalue weighted by Crippen LogP contribution is 2.22. The van der Waals surface area contributed by atoms with Crippen LogP contribution in [0.2, 0.25) is 0 Å². The number of esters is 1. The van der Waals surface area contributed by atoms with E-state index in [0.717, 1.165) is 17.5 Å². The van der Waals surface area contributed by atoms with E-state index in [-0.39, 0.29) is 12.5 Å². The van der Waals surface area contributed by atoms with Gasteiger partial charge in [0.15, 0.2) is 6.61 Å². The predicted molar refractivity (Wildman–Crippen MR) is 103 cm³/mol. The Hall–Kier alpha value is -3.15. The fourth-order valence-electron chi connectivity index (χ4n) is 3.08. The van der Waals surface area contributed by atoms with E-state index in [9.17, 15) is 14.4 Å². The molecule has 1 heterocycles. The lowest BCUT2D eigenvalue weighted by atomic mass is 10.1. The molecule has 0 atom stereocenters. The lowest BCUT2D eigenvalue weighted by molar-refractivity contribution is -0.119. The summed E-state index contributed by atoms with van der Waals surface area (Å²) in [5.41, 5.74) is 3.72. The summed E-state index contributed by atoms with van der Waals surface area (Å²) in [4.78, 5) is 37.8. The van der Waals surface area contributed by atoms with Gasteiger partial charge in [-0.05, 0) is 50.1 Å². The summed E-state index contributed by atoms with van der Waals surface area (Å²) in [5, 5.41) is 2.74. The zero-order valence-corrected chi connectivity index (χ0v) is 15.5. The summed E-state index contributed by atoms with van der Waals surface area (Å²) < 4.78 is 5.12. The quantitative estimate of drug-likeness (QED) is 0.825. The minimum absolute atomic E-state index is 0.0494. The third kappa shape index (κ3) is 4.53. The molecule has 27 heavy (non-hydrogen) atoms. The van der Waals surface area contributed by atoms with E-state index in [4.69, 9.17) is 4.74 Å². The molecule has 1 aliphatic heterocycles. The Labute approximate surface area is 158 Å². The lowest BCUT2D eigenvalue weighted by Gasteiger charge is -2.16. The second kappa shape index (κ2) is 8.03. The summed E-state index contributed by atoms with van der Waals surface area (Å²) >= 11 is 0. The molecule has 1 N–H and O–H groups in total. The van der Waals surface area contributed by atoms with E-state index in [1.54, 1.807) is 29.2 Å². The fourth-order valence-corrected chi connectivity index (χ4v) is 3.08. The first-order valence-electron chi connectivity index (χ1n) is 8.89. The van der Waals surface area contributed by atoms with Gasteiger partial charge in [0, 0.05) is 24.3 Å². The maximum atomic E-state index is 12.3.